The van der Waals surface area contributed by atoms with Crippen molar-refractivity contribution in [2.75, 3.05) is 27.3 Å². The first-order chi connectivity index (χ1) is 22.7. The standard InChI is InChI=1S/C39H36N4O3/c1-44-27-11-13-30-32-15-17-40-36(38(32)42-34(30)22-27)20-25(24-7-6-10-29(19-24)46-26-8-4-3-5-9-26)21-37-39-33(16-18-41-37)31-14-12-28(45-2)23-35(31)43-39/h3-14,19,22-23,25,42-43H,15-18,20-21H2,1-2H3. The zero-order valence-electron chi connectivity index (χ0n) is 26.1. The van der Waals surface area contributed by atoms with Gasteiger partial charge < -0.3 is 24.2 Å². The van der Waals surface area contributed by atoms with E-state index in [1.165, 1.54) is 27.5 Å². The fraction of sp³-hybridized carbons (Fsp3) is 0.231. The second-order valence-electron chi connectivity index (χ2n) is 12.0. The van der Waals surface area contributed by atoms with Crippen LogP contribution in [0.15, 0.2) is 101 Å². The Kier molecular flexibility index (Phi) is 7.29. The highest BCUT2D eigenvalue weighted by atomic mass is 16.5. The Hall–Kier alpha value is -5.30. The van der Waals surface area contributed by atoms with Gasteiger partial charge in [0.15, 0.2) is 0 Å². The molecule has 2 N–H and O–H groups in total. The van der Waals surface area contributed by atoms with Gasteiger partial charge in [-0.1, -0.05) is 30.3 Å². The van der Waals surface area contributed by atoms with Gasteiger partial charge in [0.1, 0.15) is 23.0 Å². The predicted octanol–water partition coefficient (Wildman–Crippen LogP) is 8.41. The minimum Gasteiger partial charge on any atom is -0.497 e. The molecule has 0 saturated heterocycles. The molecule has 8 rings (SSSR count). The van der Waals surface area contributed by atoms with Gasteiger partial charge in [-0.25, -0.2) is 0 Å². The number of hydrogen-bond acceptors (Lipinski definition) is 5. The highest BCUT2D eigenvalue weighted by Gasteiger charge is 2.28. The lowest BCUT2D eigenvalue weighted by molar-refractivity contribution is 0.415. The van der Waals surface area contributed by atoms with E-state index in [9.17, 15) is 0 Å². The Morgan fingerprint density at radius 2 is 1.17 bits per heavy atom. The van der Waals surface area contributed by atoms with Crippen molar-refractivity contribution in [3.8, 4) is 23.0 Å². The van der Waals surface area contributed by atoms with Gasteiger partial charge in [-0.3, -0.25) is 9.98 Å². The molecule has 2 aliphatic rings. The minimum absolute atomic E-state index is 0.121. The number of aliphatic imine (C=N–C) groups is 2. The second kappa shape index (κ2) is 11.9. The van der Waals surface area contributed by atoms with Crippen LogP contribution in [0, 0.1) is 0 Å². The summed E-state index contributed by atoms with van der Waals surface area (Å²) >= 11 is 0. The third kappa shape index (κ3) is 5.21. The van der Waals surface area contributed by atoms with Crippen LogP contribution < -0.4 is 14.2 Å². The average Bonchev–Trinajstić information content (AvgIpc) is 3.67. The van der Waals surface area contributed by atoms with Crippen LogP contribution in [0.3, 0.4) is 0 Å². The lowest BCUT2D eigenvalue weighted by atomic mass is 9.84. The summed E-state index contributed by atoms with van der Waals surface area (Å²) in [5.41, 5.74) is 10.5. The van der Waals surface area contributed by atoms with Crippen molar-refractivity contribution < 1.29 is 14.2 Å². The van der Waals surface area contributed by atoms with E-state index in [1.807, 2.05) is 48.5 Å². The number of H-pyrrole nitrogens is 2. The molecular weight excluding hydrogens is 572 g/mol. The highest BCUT2D eigenvalue weighted by Crippen LogP contribution is 2.37. The zero-order valence-corrected chi connectivity index (χ0v) is 26.1. The van der Waals surface area contributed by atoms with Crippen LogP contribution in [0.4, 0.5) is 0 Å². The van der Waals surface area contributed by atoms with E-state index in [0.29, 0.717) is 0 Å². The number of nitrogens with zero attached hydrogens (tertiary/aromatic N) is 2. The molecule has 7 heteroatoms. The summed E-state index contributed by atoms with van der Waals surface area (Å²) in [7, 11) is 3.42. The molecule has 2 aromatic heterocycles. The second-order valence-corrected chi connectivity index (χ2v) is 12.0. The van der Waals surface area contributed by atoms with Crippen LogP contribution in [0.25, 0.3) is 21.8 Å². The molecule has 0 aliphatic carbocycles. The molecule has 0 saturated carbocycles. The van der Waals surface area contributed by atoms with E-state index in [2.05, 4.69) is 52.4 Å². The molecule has 2 aliphatic heterocycles. The number of aromatic nitrogens is 2. The van der Waals surface area contributed by atoms with Gasteiger partial charge in [0.25, 0.3) is 0 Å². The lowest BCUT2D eigenvalue weighted by Crippen LogP contribution is -2.20. The van der Waals surface area contributed by atoms with Crippen molar-refractivity contribution in [3.63, 3.8) is 0 Å². The number of fused-ring (bicyclic) bond motifs is 6. The first-order valence-corrected chi connectivity index (χ1v) is 15.9. The Balaban J connectivity index is 1.17. The van der Waals surface area contributed by atoms with Crippen LogP contribution in [0.1, 0.15) is 46.8 Å². The van der Waals surface area contributed by atoms with Gasteiger partial charge in [0, 0.05) is 47.0 Å². The normalized spacial score (nSPS) is 14.2. The summed E-state index contributed by atoms with van der Waals surface area (Å²) in [6.07, 6.45) is 3.39. The predicted molar refractivity (Wildman–Crippen MR) is 185 cm³/mol. The Morgan fingerprint density at radius 1 is 0.609 bits per heavy atom. The van der Waals surface area contributed by atoms with E-state index in [0.717, 1.165) is 95.6 Å². The largest absolute Gasteiger partial charge is 0.497 e. The highest BCUT2D eigenvalue weighted by molar-refractivity contribution is 6.09. The maximum atomic E-state index is 6.29. The van der Waals surface area contributed by atoms with E-state index < -0.39 is 0 Å². The van der Waals surface area contributed by atoms with Crippen LogP contribution in [-0.2, 0) is 12.8 Å². The first kappa shape index (κ1) is 28.2. The average molecular weight is 609 g/mol. The third-order valence-electron chi connectivity index (χ3n) is 9.32. The molecule has 0 fully saturated rings. The van der Waals surface area contributed by atoms with Crippen molar-refractivity contribution in [2.24, 2.45) is 9.98 Å². The number of methoxy groups -OCH3 is 2. The summed E-state index contributed by atoms with van der Waals surface area (Å²) in [5, 5.41) is 2.49. The van der Waals surface area contributed by atoms with Crippen molar-refractivity contribution in [2.45, 2.75) is 31.6 Å². The molecule has 4 aromatic carbocycles. The monoisotopic (exact) mass is 608 g/mol. The van der Waals surface area contributed by atoms with Crippen LogP contribution in [0.5, 0.6) is 23.0 Å². The number of benzene rings is 4. The van der Waals surface area contributed by atoms with Gasteiger partial charge in [-0.15, -0.1) is 0 Å². The molecule has 6 aromatic rings. The minimum atomic E-state index is 0.121. The van der Waals surface area contributed by atoms with Gasteiger partial charge in [0.05, 0.1) is 37.0 Å². The smallest absolute Gasteiger partial charge is 0.127 e. The molecule has 0 bridgehead atoms. The van der Waals surface area contributed by atoms with Crippen molar-refractivity contribution >= 4 is 33.2 Å². The third-order valence-corrected chi connectivity index (χ3v) is 9.32. The Bertz CT molecular complexity index is 2010. The first-order valence-electron chi connectivity index (χ1n) is 15.9. The Labute approximate surface area is 268 Å². The summed E-state index contributed by atoms with van der Waals surface area (Å²) in [4.78, 5) is 17.6. The van der Waals surface area contributed by atoms with Gasteiger partial charge >= 0.3 is 0 Å². The molecule has 230 valence electrons. The molecular formula is C39H36N4O3. The van der Waals surface area contributed by atoms with Crippen LogP contribution in [-0.4, -0.2) is 48.7 Å². The molecule has 0 spiro atoms. The number of aromatic amines is 2. The summed E-state index contributed by atoms with van der Waals surface area (Å²) < 4.78 is 17.3. The number of rotatable bonds is 9. The zero-order chi connectivity index (χ0) is 31.0. The number of hydrogen-bond donors (Lipinski definition) is 2. The lowest BCUT2D eigenvalue weighted by Gasteiger charge is -2.23. The maximum absolute atomic E-state index is 6.29. The van der Waals surface area contributed by atoms with E-state index in [4.69, 9.17) is 24.2 Å². The maximum Gasteiger partial charge on any atom is 0.127 e. The van der Waals surface area contributed by atoms with E-state index in [-0.39, 0.29) is 5.92 Å². The number of ether oxygens (including phenoxy) is 3. The SMILES string of the molecule is COc1ccc2c3c([nH]c2c1)C(CC(CC1=NCCc2c1[nH]c1cc(OC)ccc21)c1cccc(Oc2ccccc2)c1)=NCC3. The molecule has 46 heavy (non-hydrogen) atoms. The molecule has 4 heterocycles. The van der Waals surface area contributed by atoms with Crippen molar-refractivity contribution in [1.82, 2.24) is 9.97 Å². The van der Waals surface area contributed by atoms with Crippen LogP contribution >= 0.6 is 0 Å². The topological polar surface area (TPSA) is 84.0 Å². The van der Waals surface area contributed by atoms with Crippen molar-refractivity contribution in [1.29, 1.82) is 0 Å². The fourth-order valence-electron chi connectivity index (χ4n) is 7.06. The molecule has 7 nitrogen and oxygen atoms in total. The Morgan fingerprint density at radius 3 is 1.74 bits per heavy atom. The van der Waals surface area contributed by atoms with E-state index in [1.54, 1.807) is 14.2 Å². The van der Waals surface area contributed by atoms with Gasteiger partial charge in [-0.2, -0.15) is 0 Å². The van der Waals surface area contributed by atoms with Gasteiger partial charge in [0.2, 0.25) is 0 Å². The van der Waals surface area contributed by atoms with E-state index >= 15 is 0 Å². The van der Waals surface area contributed by atoms with Crippen LogP contribution in [0.2, 0.25) is 0 Å². The molecule has 0 amide bonds. The van der Waals surface area contributed by atoms with Crippen molar-refractivity contribution in [3.05, 3.63) is 119 Å². The van der Waals surface area contributed by atoms with Gasteiger partial charge in [-0.05, 0) is 96.8 Å². The number of para-hydroxylation sites is 1. The summed E-state index contributed by atoms with van der Waals surface area (Å²) in [5.74, 6) is 3.46. The summed E-state index contributed by atoms with van der Waals surface area (Å²) in [6, 6.07) is 31.0. The summed E-state index contributed by atoms with van der Waals surface area (Å²) in [6.45, 7) is 1.56. The molecule has 0 radical (unpaired) electrons. The molecule has 0 unspecified atom stereocenters. The quantitative estimate of drug-likeness (QED) is 0.173. The fourth-order valence-corrected chi connectivity index (χ4v) is 7.06. The number of nitrogens with one attached hydrogen (secondary N) is 2. The molecule has 0 atom stereocenters.